The minimum atomic E-state index is -4.33. The molecule has 1 aromatic rings. The third-order valence-electron chi connectivity index (χ3n) is 3.98. The van der Waals surface area contributed by atoms with Crippen LogP contribution in [0.25, 0.3) is 0 Å². The minimum Gasteiger partial charge on any atom is -0.484 e. The fourth-order valence-corrected chi connectivity index (χ4v) is 2.78. The van der Waals surface area contributed by atoms with E-state index in [0.29, 0.717) is 12.5 Å². The van der Waals surface area contributed by atoms with Crippen LogP contribution >= 0.6 is 0 Å². The molecular formula is C17H24F3N3O2. The lowest BCUT2D eigenvalue weighted by Crippen LogP contribution is -2.39. The van der Waals surface area contributed by atoms with Gasteiger partial charge in [-0.15, -0.1) is 0 Å². The second-order valence-corrected chi connectivity index (χ2v) is 6.00. The number of alkyl halides is 3. The highest BCUT2D eigenvalue weighted by atomic mass is 19.4. The largest absolute Gasteiger partial charge is 0.484 e. The molecule has 0 aliphatic carbocycles. The average Bonchev–Trinajstić information content (AvgIpc) is 3.03. The van der Waals surface area contributed by atoms with Gasteiger partial charge in [0.2, 0.25) is 0 Å². The highest BCUT2D eigenvalue weighted by Gasteiger charge is 2.28. The van der Waals surface area contributed by atoms with E-state index in [4.69, 9.17) is 9.47 Å². The molecule has 25 heavy (non-hydrogen) atoms. The fraction of sp³-hybridized carbons (Fsp3) is 0.588. The van der Waals surface area contributed by atoms with Crippen molar-refractivity contribution in [3.05, 3.63) is 29.8 Å². The summed E-state index contributed by atoms with van der Waals surface area (Å²) < 4.78 is 46.3. The topological polar surface area (TPSA) is 46.1 Å². The fourth-order valence-electron chi connectivity index (χ4n) is 2.78. The third kappa shape index (κ3) is 6.45. The normalized spacial score (nSPS) is 18.5. The number of rotatable bonds is 6. The van der Waals surface area contributed by atoms with Crippen molar-refractivity contribution < 1.29 is 22.6 Å². The number of guanidine groups is 1. The Morgan fingerprint density at radius 2 is 2.04 bits per heavy atom. The van der Waals surface area contributed by atoms with E-state index in [1.165, 1.54) is 12.1 Å². The lowest BCUT2D eigenvalue weighted by atomic mass is 10.1. The quantitative estimate of drug-likeness (QED) is 0.627. The van der Waals surface area contributed by atoms with Crippen LogP contribution in [-0.4, -0.2) is 57.5 Å². The first-order valence-electron chi connectivity index (χ1n) is 8.14. The minimum absolute atomic E-state index is 0.201. The Kier molecular flexibility index (Phi) is 6.92. The molecule has 1 aliphatic heterocycles. The van der Waals surface area contributed by atoms with Crippen molar-refractivity contribution in [2.75, 3.05) is 40.5 Å². The highest BCUT2D eigenvalue weighted by molar-refractivity contribution is 5.80. The summed E-state index contributed by atoms with van der Waals surface area (Å²) in [6.45, 7) is 1.83. The van der Waals surface area contributed by atoms with Gasteiger partial charge in [-0.25, -0.2) is 0 Å². The highest BCUT2D eigenvalue weighted by Crippen LogP contribution is 2.19. The van der Waals surface area contributed by atoms with E-state index >= 15 is 0 Å². The number of hydrogen-bond donors (Lipinski definition) is 1. The molecule has 1 aromatic carbocycles. The van der Waals surface area contributed by atoms with Crippen molar-refractivity contribution >= 4 is 5.96 Å². The van der Waals surface area contributed by atoms with Gasteiger partial charge in [-0.05, 0) is 24.1 Å². The van der Waals surface area contributed by atoms with Crippen molar-refractivity contribution in [3.8, 4) is 5.75 Å². The Morgan fingerprint density at radius 1 is 1.32 bits per heavy atom. The molecule has 5 nitrogen and oxygen atoms in total. The van der Waals surface area contributed by atoms with Gasteiger partial charge in [-0.3, -0.25) is 4.99 Å². The maximum Gasteiger partial charge on any atom is 0.422 e. The summed E-state index contributed by atoms with van der Waals surface area (Å²) in [7, 11) is 3.44. The third-order valence-corrected chi connectivity index (χ3v) is 3.98. The second-order valence-electron chi connectivity index (χ2n) is 6.00. The van der Waals surface area contributed by atoms with Crippen molar-refractivity contribution in [2.24, 2.45) is 10.9 Å². The van der Waals surface area contributed by atoms with E-state index < -0.39 is 12.8 Å². The monoisotopic (exact) mass is 359 g/mol. The van der Waals surface area contributed by atoms with Crippen LogP contribution in [0.1, 0.15) is 12.0 Å². The molecule has 0 spiro atoms. The Bertz CT molecular complexity index is 561. The van der Waals surface area contributed by atoms with E-state index in [2.05, 4.69) is 15.2 Å². The summed E-state index contributed by atoms with van der Waals surface area (Å²) in [5, 5.41) is 3.28. The zero-order valence-electron chi connectivity index (χ0n) is 14.5. The molecule has 0 bridgehead atoms. The molecule has 1 saturated heterocycles. The molecule has 1 atom stereocenters. The maximum absolute atomic E-state index is 12.1. The van der Waals surface area contributed by atoms with Gasteiger partial charge in [-0.1, -0.05) is 12.1 Å². The summed E-state index contributed by atoms with van der Waals surface area (Å²) in [6.07, 6.45) is -3.26. The van der Waals surface area contributed by atoms with Crippen LogP contribution in [-0.2, 0) is 11.3 Å². The summed E-state index contributed by atoms with van der Waals surface area (Å²) in [5.41, 5.74) is 0.938. The van der Waals surface area contributed by atoms with Crippen molar-refractivity contribution in [1.29, 1.82) is 0 Å². The number of benzene rings is 1. The van der Waals surface area contributed by atoms with Crippen molar-refractivity contribution in [3.63, 3.8) is 0 Å². The van der Waals surface area contributed by atoms with Crippen LogP contribution in [0.3, 0.4) is 0 Å². The van der Waals surface area contributed by atoms with Crippen LogP contribution in [0, 0.1) is 5.92 Å². The Hall–Kier alpha value is -1.96. The van der Waals surface area contributed by atoms with E-state index in [0.717, 1.165) is 37.6 Å². The summed E-state index contributed by atoms with van der Waals surface area (Å²) in [6, 6.07) is 6.55. The van der Waals surface area contributed by atoms with Crippen molar-refractivity contribution in [2.45, 2.75) is 19.1 Å². The summed E-state index contributed by atoms with van der Waals surface area (Å²) in [4.78, 5) is 6.48. The van der Waals surface area contributed by atoms with E-state index in [9.17, 15) is 13.2 Å². The summed E-state index contributed by atoms with van der Waals surface area (Å²) in [5.74, 6) is 1.53. The molecule has 0 saturated carbocycles. The standard InChI is InChI=1S/C17H24F3N3O2/c1-21-16(23-8-7-14(10-23)11-24-2)22-9-13-3-5-15(6-4-13)25-12-17(18,19)20/h3-6,14H,7-12H2,1-2H3,(H,21,22). The molecule has 140 valence electrons. The number of nitrogens with one attached hydrogen (secondary N) is 1. The lowest BCUT2D eigenvalue weighted by molar-refractivity contribution is -0.153. The van der Waals surface area contributed by atoms with E-state index in [-0.39, 0.29) is 5.75 Å². The molecular weight excluding hydrogens is 335 g/mol. The van der Waals surface area contributed by atoms with E-state index in [1.807, 2.05) is 0 Å². The van der Waals surface area contributed by atoms with Crippen LogP contribution in [0.5, 0.6) is 5.75 Å². The number of hydrogen-bond acceptors (Lipinski definition) is 3. The second kappa shape index (κ2) is 8.94. The first-order chi connectivity index (χ1) is 11.9. The van der Waals surface area contributed by atoms with Gasteiger partial charge in [0.1, 0.15) is 5.75 Å². The molecule has 0 amide bonds. The molecule has 0 radical (unpaired) electrons. The molecule has 1 unspecified atom stereocenters. The van der Waals surface area contributed by atoms with Gasteiger partial charge in [-0.2, -0.15) is 13.2 Å². The van der Waals surface area contributed by atoms with Crippen LogP contribution in [0.2, 0.25) is 0 Å². The average molecular weight is 359 g/mol. The smallest absolute Gasteiger partial charge is 0.422 e. The molecule has 1 fully saturated rings. The van der Waals surface area contributed by atoms with Gasteiger partial charge in [0.15, 0.2) is 12.6 Å². The number of likely N-dealkylation sites (tertiary alicyclic amines) is 1. The SMILES string of the molecule is CN=C(NCc1ccc(OCC(F)(F)F)cc1)N1CCC(COC)C1. The molecule has 1 N–H and O–H groups in total. The molecule has 2 rings (SSSR count). The Balaban J connectivity index is 1.81. The van der Waals surface area contributed by atoms with Crippen molar-refractivity contribution in [1.82, 2.24) is 10.2 Å². The summed E-state index contributed by atoms with van der Waals surface area (Å²) >= 11 is 0. The van der Waals surface area contributed by atoms with Gasteiger partial charge in [0.25, 0.3) is 0 Å². The van der Waals surface area contributed by atoms with E-state index in [1.54, 1.807) is 26.3 Å². The number of halogens is 3. The molecule has 8 heteroatoms. The van der Waals surface area contributed by atoms with Gasteiger partial charge in [0.05, 0.1) is 6.61 Å². The Labute approximate surface area is 145 Å². The van der Waals surface area contributed by atoms with Gasteiger partial charge < -0.3 is 19.7 Å². The number of aliphatic imine (C=N–C) groups is 1. The first-order valence-corrected chi connectivity index (χ1v) is 8.14. The lowest BCUT2D eigenvalue weighted by Gasteiger charge is -2.21. The van der Waals surface area contributed by atoms with Gasteiger partial charge >= 0.3 is 6.18 Å². The number of nitrogens with zero attached hydrogens (tertiary/aromatic N) is 2. The molecule has 1 aliphatic rings. The van der Waals surface area contributed by atoms with Crippen LogP contribution in [0.15, 0.2) is 29.3 Å². The van der Waals surface area contributed by atoms with Crippen LogP contribution < -0.4 is 10.1 Å². The maximum atomic E-state index is 12.1. The van der Waals surface area contributed by atoms with Gasteiger partial charge in [0, 0.05) is 39.7 Å². The number of methoxy groups -OCH3 is 1. The zero-order chi connectivity index (χ0) is 18.3. The Morgan fingerprint density at radius 3 is 2.64 bits per heavy atom. The predicted octanol–water partition coefficient (Wildman–Crippen LogP) is 2.67. The number of ether oxygens (including phenoxy) is 2. The molecule has 0 aromatic heterocycles. The zero-order valence-corrected chi connectivity index (χ0v) is 14.5. The molecule has 1 heterocycles. The van der Waals surface area contributed by atoms with Crippen LogP contribution in [0.4, 0.5) is 13.2 Å². The predicted molar refractivity (Wildman–Crippen MR) is 89.7 cm³/mol. The first kappa shape index (κ1) is 19.4.